The highest BCUT2D eigenvalue weighted by Gasteiger charge is 2.30. The lowest BCUT2D eigenvalue weighted by Gasteiger charge is -2.21. The van der Waals surface area contributed by atoms with Gasteiger partial charge in [0, 0.05) is 11.3 Å². The van der Waals surface area contributed by atoms with Crippen LogP contribution in [0.5, 0.6) is 5.75 Å². The zero-order valence-corrected chi connectivity index (χ0v) is 19.7. The Morgan fingerprint density at radius 1 is 0.879 bits per heavy atom. The molecule has 0 radical (unpaired) electrons. The number of nitrogens with zero attached hydrogens (tertiary/aromatic N) is 1. The molecule has 0 unspecified atom stereocenters. The fourth-order valence-corrected chi connectivity index (χ4v) is 4.58. The normalized spacial score (nSPS) is 14.7. The summed E-state index contributed by atoms with van der Waals surface area (Å²) in [7, 11) is 0. The van der Waals surface area contributed by atoms with E-state index in [2.05, 4.69) is 40.2 Å². The Morgan fingerprint density at radius 3 is 2.39 bits per heavy atom. The van der Waals surface area contributed by atoms with Crippen LogP contribution in [0.3, 0.4) is 0 Å². The fourth-order valence-electron chi connectivity index (χ4n) is 4.07. The minimum absolute atomic E-state index is 0.0471. The summed E-state index contributed by atoms with van der Waals surface area (Å²) in [5.74, 6) is 0.741. The van der Waals surface area contributed by atoms with E-state index < -0.39 is 0 Å². The highest BCUT2D eigenvalue weighted by atomic mass is 79.9. The molecule has 0 spiro atoms. The van der Waals surface area contributed by atoms with Crippen molar-refractivity contribution in [1.29, 1.82) is 0 Å². The Balaban J connectivity index is 1.59. The first-order valence-electron chi connectivity index (χ1n) is 10.9. The SMILES string of the molecule is CCOc1ccc(/C=C2\C=C(c3ccccc3)N(c3ccc4ccccc4c3)C2=O)cc1Br. The molecule has 1 amide bonds. The average Bonchev–Trinajstić information content (AvgIpc) is 3.17. The molecule has 1 aliphatic rings. The Kier molecular flexibility index (Phi) is 5.84. The Morgan fingerprint density at radius 2 is 1.64 bits per heavy atom. The zero-order valence-electron chi connectivity index (χ0n) is 18.2. The van der Waals surface area contributed by atoms with E-state index in [0.29, 0.717) is 12.2 Å². The number of hydrogen-bond acceptors (Lipinski definition) is 2. The van der Waals surface area contributed by atoms with Crippen molar-refractivity contribution in [1.82, 2.24) is 0 Å². The molecule has 4 aromatic rings. The van der Waals surface area contributed by atoms with Crippen molar-refractivity contribution in [2.24, 2.45) is 0 Å². The van der Waals surface area contributed by atoms with Gasteiger partial charge in [-0.15, -0.1) is 0 Å². The van der Waals surface area contributed by atoms with Crippen molar-refractivity contribution >= 4 is 50.1 Å². The van der Waals surface area contributed by atoms with E-state index >= 15 is 0 Å². The summed E-state index contributed by atoms with van der Waals surface area (Å²) in [6.07, 6.45) is 3.89. The van der Waals surface area contributed by atoms with Crippen LogP contribution < -0.4 is 9.64 Å². The first kappa shape index (κ1) is 21.2. The first-order chi connectivity index (χ1) is 16.1. The van der Waals surface area contributed by atoms with Crippen molar-refractivity contribution < 1.29 is 9.53 Å². The van der Waals surface area contributed by atoms with Crippen molar-refractivity contribution in [3.8, 4) is 5.75 Å². The quantitative estimate of drug-likeness (QED) is 0.268. The number of fused-ring (bicyclic) bond motifs is 1. The number of amides is 1. The van der Waals surface area contributed by atoms with Gasteiger partial charge in [-0.05, 0) is 81.2 Å². The number of ether oxygens (including phenoxy) is 1. The predicted octanol–water partition coefficient (Wildman–Crippen LogP) is 7.47. The second kappa shape index (κ2) is 9.08. The van der Waals surface area contributed by atoms with E-state index in [1.54, 1.807) is 4.90 Å². The van der Waals surface area contributed by atoms with Crippen LogP contribution in [-0.4, -0.2) is 12.5 Å². The van der Waals surface area contributed by atoms with Crippen LogP contribution in [0.4, 0.5) is 5.69 Å². The molecule has 0 fully saturated rings. The maximum absolute atomic E-state index is 13.7. The van der Waals surface area contributed by atoms with Gasteiger partial charge in [0.2, 0.25) is 0 Å². The minimum atomic E-state index is -0.0471. The summed E-state index contributed by atoms with van der Waals surface area (Å²) in [4.78, 5) is 15.5. The van der Waals surface area contributed by atoms with Gasteiger partial charge in [0.25, 0.3) is 5.91 Å². The second-order valence-corrected chi connectivity index (χ2v) is 8.64. The summed E-state index contributed by atoms with van der Waals surface area (Å²) >= 11 is 3.57. The highest BCUT2D eigenvalue weighted by molar-refractivity contribution is 9.10. The zero-order chi connectivity index (χ0) is 22.8. The number of carbonyl (C=O) groups excluding carboxylic acids is 1. The second-order valence-electron chi connectivity index (χ2n) is 7.79. The van der Waals surface area contributed by atoms with Gasteiger partial charge in [0.15, 0.2) is 0 Å². The summed E-state index contributed by atoms with van der Waals surface area (Å²) in [5.41, 5.74) is 4.28. The van der Waals surface area contributed by atoms with Crippen LogP contribution in [0.1, 0.15) is 18.1 Å². The van der Waals surface area contributed by atoms with Crippen LogP contribution in [0.25, 0.3) is 22.5 Å². The summed E-state index contributed by atoms with van der Waals surface area (Å²) < 4.78 is 6.48. The molecule has 162 valence electrons. The molecule has 0 atom stereocenters. The van der Waals surface area contributed by atoms with Gasteiger partial charge in [-0.2, -0.15) is 0 Å². The standard InChI is InChI=1S/C29H22BrNO2/c1-2-33-28-15-12-20(17-26(28)30)16-24-19-27(22-9-4-3-5-10-22)31(29(24)32)25-14-13-21-8-6-7-11-23(21)18-25/h3-19H,2H2,1H3/b24-16+. The maximum Gasteiger partial charge on any atom is 0.262 e. The van der Waals surface area contributed by atoms with E-state index in [0.717, 1.165) is 43.5 Å². The monoisotopic (exact) mass is 495 g/mol. The highest BCUT2D eigenvalue weighted by Crippen LogP contribution is 2.37. The third-order valence-corrected chi connectivity index (χ3v) is 6.24. The maximum atomic E-state index is 13.7. The largest absolute Gasteiger partial charge is 0.493 e. The van der Waals surface area contributed by atoms with Crippen LogP contribution in [0.15, 0.2) is 107 Å². The van der Waals surface area contributed by atoms with Gasteiger partial charge < -0.3 is 4.74 Å². The molecule has 0 bridgehead atoms. The minimum Gasteiger partial charge on any atom is -0.493 e. The Hall–Kier alpha value is -3.63. The lowest BCUT2D eigenvalue weighted by Crippen LogP contribution is -2.24. The first-order valence-corrected chi connectivity index (χ1v) is 11.7. The molecule has 4 aromatic carbocycles. The van der Waals surface area contributed by atoms with Crippen molar-refractivity contribution in [3.05, 3.63) is 118 Å². The van der Waals surface area contributed by atoms with E-state index in [1.165, 1.54) is 0 Å². The van der Waals surface area contributed by atoms with Crippen molar-refractivity contribution in [3.63, 3.8) is 0 Å². The molecule has 1 heterocycles. The summed E-state index contributed by atoms with van der Waals surface area (Å²) in [6.45, 7) is 2.55. The van der Waals surface area contributed by atoms with E-state index in [1.807, 2.05) is 85.8 Å². The molecular weight excluding hydrogens is 474 g/mol. The fraction of sp³-hybridized carbons (Fsp3) is 0.0690. The summed E-state index contributed by atoms with van der Waals surface area (Å²) in [5, 5.41) is 2.25. The Bertz CT molecular complexity index is 1410. The molecule has 0 aliphatic carbocycles. The van der Waals surface area contributed by atoms with Crippen LogP contribution in [0, 0.1) is 0 Å². The number of hydrogen-bond donors (Lipinski definition) is 0. The van der Waals surface area contributed by atoms with Crippen molar-refractivity contribution in [2.45, 2.75) is 6.92 Å². The third-order valence-electron chi connectivity index (χ3n) is 5.62. The molecule has 3 nitrogen and oxygen atoms in total. The van der Waals surface area contributed by atoms with Crippen LogP contribution >= 0.6 is 15.9 Å². The van der Waals surface area contributed by atoms with E-state index in [-0.39, 0.29) is 5.91 Å². The molecule has 1 aliphatic heterocycles. The Labute approximate surface area is 201 Å². The van der Waals surface area contributed by atoms with Gasteiger partial charge >= 0.3 is 0 Å². The van der Waals surface area contributed by atoms with Gasteiger partial charge in [-0.3, -0.25) is 9.69 Å². The molecular formula is C29H22BrNO2. The molecule has 33 heavy (non-hydrogen) atoms. The van der Waals surface area contributed by atoms with Gasteiger partial charge in [0.1, 0.15) is 5.75 Å². The van der Waals surface area contributed by atoms with Gasteiger partial charge in [0.05, 0.1) is 16.8 Å². The number of halogens is 1. The lowest BCUT2D eigenvalue weighted by molar-refractivity contribution is -0.113. The number of anilines is 1. The lowest BCUT2D eigenvalue weighted by atomic mass is 10.1. The smallest absolute Gasteiger partial charge is 0.262 e. The molecule has 4 heteroatoms. The van der Waals surface area contributed by atoms with Gasteiger partial charge in [-0.1, -0.05) is 66.7 Å². The number of carbonyl (C=O) groups is 1. The molecule has 0 aromatic heterocycles. The molecule has 0 saturated carbocycles. The average molecular weight is 496 g/mol. The van der Waals surface area contributed by atoms with Crippen LogP contribution in [-0.2, 0) is 4.79 Å². The van der Waals surface area contributed by atoms with Gasteiger partial charge in [-0.25, -0.2) is 0 Å². The third kappa shape index (κ3) is 4.22. The van der Waals surface area contributed by atoms with Crippen molar-refractivity contribution in [2.75, 3.05) is 11.5 Å². The topological polar surface area (TPSA) is 29.5 Å². The summed E-state index contributed by atoms with van der Waals surface area (Å²) in [6, 6.07) is 30.2. The molecule has 0 saturated heterocycles. The number of rotatable bonds is 5. The number of benzene rings is 4. The van der Waals surface area contributed by atoms with E-state index in [4.69, 9.17) is 4.74 Å². The van der Waals surface area contributed by atoms with Crippen LogP contribution in [0.2, 0.25) is 0 Å². The molecule has 5 rings (SSSR count). The molecule has 0 N–H and O–H groups in total. The van der Waals surface area contributed by atoms with E-state index in [9.17, 15) is 4.79 Å². The predicted molar refractivity (Wildman–Crippen MR) is 139 cm³/mol.